The third-order valence-corrected chi connectivity index (χ3v) is 3.47. The summed E-state index contributed by atoms with van der Waals surface area (Å²) >= 11 is 0. The van der Waals surface area contributed by atoms with Crippen LogP contribution in [0.25, 0.3) is 0 Å². The standard InChI is InChI=1S/C14H16N4O2/c1-8-4-3-5-11(20-2)12(8)14(19)16-13-9-6-15-7-10(9)17-18-13/h3-5,15H,6-7H2,1-2H3,(H2,16,17,18,19). The van der Waals surface area contributed by atoms with E-state index in [1.807, 2.05) is 19.1 Å². The normalized spacial score (nSPS) is 13.1. The van der Waals surface area contributed by atoms with Gasteiger partial charge in [0.1, 0.15) is 5.75 Å². The van der Waals surface area contributed by atoms with Gasteiger partial charge in [-0.05, 0) is 18.6 Å². The van der Waals surface area contributed by atoms with Crippen molar-refractivity contribution in [2.24, 2.45) is 0 Å². The first kappa shape index (κ1) is 12.7. The van der Waals surface area contributed by atoms with Crippen LogP contribution >= 0.6 is 0 Å². The van der Waals surface area contributed by atoms with Crippen molar-refractivity contribution in [2.75, 3.05) is 12.4 Å². The number of fused-ring (bicyclic) bond motifs is 1. The molecular formula is C14H16N4O2. The fourth-order valence-electron chi connectivity index (χ4n) is 2.43. The topological polar surface area (TPSA) is 79.0 Å². The number of aryl methyl sites for hydroxylation is 1. The summed E-state index contributed by atoms with van der Waals surface area (Å²) in [5, 5.41) is 13.1. The van der Waals surface area contributed by atoms with Crippen LogP contribution in [0.1, 0.15) is 27.2 Å². The van der Waals surface area contributed by atoms with Crippen LogP contribution in [-0.2, 0) is 13.1 Å². The lowest BCUT2D eigenvalue weighted by Gasteiger charge is -2.11. The van der Waals surface area contributed by atoms with E-state index in [4.69, 9.17) is 4.74 Å². The lowest BCUT2D eigenvalue weighted by atomic mass is 10.1. The summed E-state index contributed by atoms with van der Waals surface area (Å²) in [5.41, 5.74) is 3.45. The molecule has 104 valence electrons. The van der Waals surface area contributed by atoms with E-state index >= 15 is 0 Å². The van der Waals surface area contributed by atoms with E-state index in [1.165, 1.54) is 0 Å². The number of aromatic amines is 1. The second-order valence-electron chi connectivity index (χ2n) is 4.74. The number of methoxy groups -OCH3 is 1. The fourth-order valence-corrected chi connectivity index (χ4v) is 2.43. The average Bonchev–Trinajstić information content (AvgIpc) is 3.03. The summed E-state index contributed by atoms with van der Waals surface area (Å²) < 4.78 is 5.26. The number of nitrogens with one attached hydrogen (secondary N) is 3. The first-order chi connectivity index (χ1) is 9.70. The highest BCUT2D eigenvalue weighted by Crippen LogP contribution is 2.25. The molecule has 20 heavy (non-hydrogen) atoms. The number of rotatable bonds is 3. The molecule has 1 aliphatic heterocycles. The van der Waals surface area contributed by atoms with Crippen molar-refractivity contribution in [3.05, 3.63) is 40.6 Å². The first-order valence-electron chi connectivity index (χ1n) is 6.42. The predicted octanol–water partition coefficient (Wildman–Crippen LogP) is 1.58. The molecule has 0 fully saturated rings. The lowest BCUT2D eigenvalue weighted by molar-refractivity contribution is 0.102. The minimum Gasteiger partial charge on any atom is -0.496 e. The Kier molecular flexibility index (Phi) is 3.15. The van der Waals surface area contributed by atoms with Crippen LogP contribution in [0.3, 0.4) is 0 Å². The van der Waals surface area contributed by atoms with Crippen molar-refractivity contribution in [3.63, 3.8) is 0 Å². The van der Waals surface area contributed by atoms with Gasteiger partial charge in [0.2, 0.25) is 0 Å². The summed E-state index contributed by atoms with van der Waals surface area (Å²) in [6.07, 6.45) is 0. The van der Waals surface area contributed by atoms with E-state index in [-0.39, 0.29) is 5.91 Å². The van der Waals surface area contributed by atoms with Crippen molar-refractivity contribution in [1.82, 2.24) is 15.5 Å². The Morgan fingerprint density at radius 3 is 3.05 bits per heavy atom. The molecular weight excluding hydrogens is 256 g/mol. The number of carbonyl (C=O) groups is 1. The number of anilines is 1. The van der Waals surface area contributed by atoms with Crippen LogP contribution in [-0.4, -0.2) is 23.2 Å². The minimum atomic E-state index is -0.207. The monoisotopic (exact) mass is 272 g/mol. The van der Waals surface area contributed by atoms with Crippen LogP contribution in [0, 0.1) is 6.92 Å². The summed E-state index contributed by atoms with van der Waals surface area (Å²) in [4.78, 5) is 12.4. The molecule has 1 aliphatic rings. The number of H-pyrrole nitrogens is 1. The second kappa shape index (κ2) is 4.97. The molecule has 0 aliphatic carbocycles. The van der Waals surface area contributed by atoms with Gasteiger partial charge in [-0.25, -0.2) is 0 Å². The minimum absolute atomic E-state index is 0.207. The van der Waals surface area contributed by atoms with Crippen LogP contribution in [0.4, 0.5) is 5.82 Å². The SMILES string of the molecule is COc1cccc(C)c1C(=O)Nc1n[nH]c2c1CNC2. The van der Waals surface area contributed by atoms with Gasteiger partial charge in [-0.15, -0.1) is 0 Å². The highest BCUT2D eigenvalue weighted by atomic mass is 16.5. The number of amides is 1. The summed E-state index contributed by atoms with van der Waals surface area (Å²) in [5.74, 6) is 0.939. The maximum atomic E-state index is 12.4. The van der Waals surface area contributed by atoms with Gasteiger partial charge in [-0.1, -0.05) is 12.1 Å². The second-order valence-corrected chi connectivity index (χ2v) is 4.74. The molecule has 1 aromatic carbocycles. The van der Waals surface area contributed by atoms with Crippen molar-refractivity contribution < 1.29 is 9.53 Å². The molecule has 3 N–H and O–H groups in total. The third kappa shape index (κ3) is 2.04. The third-order valence-electron chi connectivity index (χ3n) is 3.47. The Labute approximate surface area is 116 Å². The number of aromatic nitrogens is 2. The molecule has 2 aromatic rings. The molecule has 2 heterocycles. The zero-order valence-corrected chi connectivity index (χ0v) is 11.4. The van der Waals surface area contributed by atoms with Gasteiger partial charge >= 0.3 is 0 Å². The molecule has 1 aromatic heterocycles. The molecule has 0 spiro atoms. The molecule has 0 saturated heterocycles. The van der Waals surface area contributed by atoms with E-state index in [0.29, 0.717) is 23.7 Å². The molecule has 0 unspecified atom stereocenters. The Bertz CT molecular complexity index is 663. The Hall–Kier alpha value is -2.34. The molecule has 1 amide bonds. The molecule has 0 saturated carbocycles. The Morgan fingerprint density at radius 1 is 1.40 bits per heavy atom. The number of hydrogen-bond donors (Lipinski definition) is 3. The van der Waals surface area contributed by atoms with Gasteiger partial charge in [0.05, 0.1) is 18.4 Å². The first-order valence-corrected chi connectivity index (χ1v) is 6.42. The Morgan fingerprint density at radius 2 is 2.25 bits per heavy atom. The van der Waals surface area contributed by atoms with Crippen LogP contribution in [0.2, 0.25) is 0 Å². The number of nitrogens with zero attached hydrogens (tertiary/aromatic N) is 1. The summed E-state index contributed by atoms with van der Waals surface area (Å²) in [6.45, 7) is 3.35. The van der Waals surface area contributed by atoms with E-state index in [0.717, 1.165) is 23.4 Å². The van der Waals surface area contributed by atoms with Gasteiger partial charge < -0.3 is 15.4 Å². The fraction of sp³-hybridized carbons (Fsp3) is 0.286. The zero-order chi connectivity index (χ0) is 14.1. The highest BCUT2D eigenvalue weighted by molar-refractivity contribution is 6.07. The van der Waals surface area contributed by atoms with Crippen LogP contribution in [0.15, 0.2) is 18.2 Å². The molecule has 6 heteroatoms. The lowest BCUT2D eigenvalue weighted by Crippen LogP contribution is -2.16. The van der Waals surface area contributed by atoms with Crippen LogP contribution < -0.4 is 15.4 Å². The van der Waals surface area contributed by atoms with Crippen molar-refractivity contribution >= 4 is 11.7 Å². The number of ether oxygens (including phenoxy) is 1. The van der Waals surface area contributed by atoms with Crippen molar-refractivity contribution in [2.45, 2.75) is 20.0 Å². The van der Waals surface area contributed by atoms with Gasteiger partial charge in [0, 0.05) is 18.7 Å². The molecule has 3 rings (SSSR count). The summed E-state index contributed by atoms with van der Waals surface area (Å²) in [7, 11) is 1.56. The zero-order valence-electron chi connectivity index (χ0n) is 11.4. The van der Waals surface area contributed by atoms with Crippen molar-refractivity contribution in [3.8, 4) is 5.75 Å². The van der Waals surface area contributed by atoms with Gasteiger partial charge in [-0.3, -0.25) is 9.89 Å². The number of carbonyl (C=O) groups excluding carboxylic acids is 1. The van der Waals surface area contributed by atoms with Crippen molar-refractivity contribution in [1.29, 1.82) is 0 Å². The number of benzene rings is 1. The maximum absolute atomic E-state index is 12.4. The van der Waals surface area contributed by atoms with E-state index < -0.39 is 0 Å². The summed E-state index contributed by atoms with van der Waals surface area (Å²) in [6, 6.07) is 5.52. The Balaban J connectivity index is 1.90. The highest BCUT2D eigenvalue weighted by Gasteiger charge is 2.22. The smallest absolute Gasteiger partial charge is 0.260 e. The largest absolute Gasteiger partial charge is 0.496 e. The van der Waals surface area contributed by atoms with Crippen LogP contribution in [0.5, 0.6) is 5.75 Å². The predicted molar refractivity (Wildman–Crippen MR) is 74.8 cm³/mol. The van der Waals surface area contributed by atoms with Gasteiger partial charge in [0.15, 0.2) is 5.82 Å². The van der Waals surface area contributed by atoms with E-state index in [1.54, 1.807) is 13.2 Å². The average molecular weight is 272 g/mol. The number of hydrogen-bond acceptors (Lipinski definition) is 4. The molecule has 0 atom stereocenters. The molecule has 6 nitrogen and oxygen atoms in total. The molecule has 0 bridgehead atoms. The van der Waals surface area contributed by atoms with Gasteiger partial charge in [-0.2, -0.15) is 5.10 Å². The molecule has 0 radical (unpaired) electrons. The quantitative estimate of drug-likeness (QED) is 0.792. The van der Waals surface area contributed by atoms with E-state index in [2.05, 4.69) is 20.8 Å². The van der Waals surface area contributed by atoms with Gasteiger partial charge in [0.25, 0.3) is 5.91 Å². The van der Waals surface area contributed by atoms with E-state index in [9.17, 15) is 4.79 Å². The maximum Gasteiger partial charge on any atom is 0.260 e.